The molecule has 0 rings (SSSR count). The average molecular weight is 235 g/mol. The number of rotatable bonds is 8. The Morgan fingerprint density at radius 3 is 2.27 bits per heavy atom. The molecule has 2 N–H and O–H groups in total. The van der Waals surface area contributed by atoms with Gasteiger partial charge >= 0.3 is 0 Å². The summed E-state index contributed by atoms with van der Waals surface area (Å²) in [5.41, 5.74) is 5.91. The van der Waals surface area contributed by atoms with Gasteiger partial charge in [-0.15, -0.1) is 0 Å². The van der Waals surface area contributed by atoms with E-state index in [0.29, 0.717) is 11.7 Å². The smallest absolute Gasteiger partial charge is 0.150 e. The van der Waals surface area contributed by atoms with Crippen molar-refractivity contribution in [1.82, 2.24) is 0 Å². The van der Waals surface area contributed by atoms with Gasteiger partial charge in [-0.1, -0.05) is 27.2 Å². The van der Waals surface area contributed by atoms with Crippen LogP contribution in [-0.4, -0.2) is 26.0 Å². The highest BCUT2D eigenvalue weighted by molar-refractivity contribution is 7.91. The van der Waals surface area contributed by atoms with Crippen LogP contribution in [0.25, 0.3) is 0 Å². The molecular formula is C11H25NO2S. The molecule has 0 aromatic heterocycles. The minimum Gasteiger partial charge on any atom is -0.328 e. The van der Waals surface area contributed by atoms with Crippen molar-refractivity contribution in [2.45, 2.75) is 52.5 Å². The summed E-state index contributed by atoms with van der Waals surface area (Å²) < 4.78 is 22.4. The fourth-order valence-corrected chi connectivity index (χ4v) is 2.53. The molecule has 0 spiro atoms. The maximum Gasteiger partial charge on any atom is 0.150 e. The normalized spacial score (nSPS) is 14.5. The fraction of sp³-hybridized carbons (Fsp3) is 1.00. The first-order chi connectivity index (χ1) is 6.87. The van der Waals surface area contributed by atoms with E-state index in [4.69, 9.17) is 5.73 Å². The Morgan fingerprint density at radius 2 is 1.80 bits per heavy atom. The van der Waals surface area contributed by atoms with Crippen LogP contribution in [0.4, 0.5) is 0 Å². The van der Waals surface area contributed by atoms with E-state index >= 15 is 0 Å². The predicted octanol–water partition coefficient (Wildman–Crippen LogP) is 1.96. The second-order valence-corrected chi connectivity index (χ2v) is 7.09. The highest BCUT2D eigenvalue weighted by atomic mass is 32.2. The van der Waals surface area contributed by atoms with Crippen LogP contribution in [-0.2, 0) is 9.84 Å². The molecule has 0 fully saturated rings. The van der Waals surface area contributed by atoms with Gasteiger partial charge in [-0.2, -0.15) is 0 Å². The summed E-state index contributed by atoms with van der Waals surface area (Å²) in [4.78, 5) is 0. The van der Waals surface area contributed by atoms with Gasteiger partial charge in [-0.3, -0.25) is 0 Å². The minimum absolute atomic E-state index is 0.231. The molecule has 92 valence electrons. The number of nitrogens with two attached hydrogens (primary N) is 1. The summed E-state index contributed by atoms with van der Waals surface area (Å²) in [6.45, 7) is 6.00. The third-order valence-electron chi connectivity index (χ3n) is 2.49. The molecule has 3 nitrogen and oxygen atoms in total. The molecular weight excluding hydrogens is 210 g/mol. The first-order valence-corrected chi connectivity index (χ1v) is 7.65. The van der Waals surface area contributed by atoms with Gasteiger partial charge in [-0.05, 0) is 25.2 Å². The molecule has 0 aliphatic rings. The molecule has 0 radical (unpaired) electrons. The van der Waals surface area contributed by atoms with Crippen LogP contribution in [0.1, 0.15) is 46.5 Å². The zero-order valence-corrected chi connectivity index (χ0v) is 11.0. The van der Waals surface area contributed by atoms with Crippen molar-refractivity contribution in [2.75, 3.05) is 11.5 Å². The second kappa shape index (κ2) is 7.23. The molecule has 15 heavy (non-hydrogen) atoms. The van der Waals surface area contributed by atoms with E-state index in [-0.39, 0.29) is 11.8 Å². The van der Waals surface area contributed by atoms with Gasteiger partial charge in [0.05, 0.1) is 5.75 Å². The summed E-state index contributed by atoms with van der Waals surface area (Å²) >= 11 is 0. The van der Waals surface area contributed by atoms with E-state index in [1.54, 1.807) is 6.92 Å². The van der Waals surface area contributed by atoms with E-state index in [1.807, 2.05) is 0 Å². The van der Waals surface area contributed by atoms with Gasteiger partial charge in [0.15, 0.2) is 0 Å². The maximum atomic E-state index is 11.2. The van der Waals surface area contributed by atoms with Crippen molar-refractivity contribution in [1.29, 1.82) is 0 Å². The first kappa shape index (κ1) is 14.9. The number of sulfone groups is 1. The number of hydrogen-bond donors (Lipinski definition) is 1. The lowest BCUT2D eigenvalue weighted by atomic mass is 10.0. The Bertz CT molecular complexity index is 247. The van der Waals surface area contributed by atoms with Gasteiger partial charge in [-0.25, -0.2) is 8.42 Å². The van der Waals surface area contributed by atoms with E-state index in [0.717, 1.165) is 25.7 Å². The van der Waals surface area contributed by atoms with E-state index in [1.165, 1.54) is 0 Å². The molecule has 0 bridgehead atoms. The van der Waals surface area contributed by atoms with Gasteiger partial charge < -0.3 is 5.73 Å². The maximum absolute atomic E-state index is 11.2. The Hall–Kier alpha value is -0.0900. The van der Waals surface area contributed by atoms with Crippen molar-refractivity contribution in [3.63, 3.8) is 0 Å². The molecule has 0 aromatic rings. The van der Waals surface area contributed by atoms with Crippen LogP contribution in [0.2, 0.25) is 0 Å². The predicted molar refractivity (Wildman–Crippen MR) is 65.6 cm³/mol. The van der Waals surface area contributed by atoms with Crippen molar-refractivity contribution in [3.05, 3.63) is 0 Å². The van der Waals surface area contributed by atoms with Gasteiger partial charge in [0.25, 0.3) is 0 Å². The summed E-state index contributed by atoms with van der Waals surface area (Å²) in [7, 11) is -2.78. The molecule has 0 saturated heterocycles. The first-order valence-electron chi connectivity index (χ1n) is 5.83. The van der Waals surface area contributed by atoms with Crippen molar-refractivity contribution in [3.8, 4) is 0 Å². The van der Waals surface area contributed by atoms with Gasteiger partial charge in [0.2, 0.25) is 0 Å². The molecule has 0 aliphatic carbocycles. The fourth-order valence-electron chi connectivity index (χ4n) is 1.60. The Morgan fingerprint density at radius 1 is 1.20 bits per heavy atom. The van der Waals surface area contributed by atoms with Crippen LogP contribution in [0.3, 0.4) is 0 Å². The number of unbranched alkanes of at least 4 members (excludes halogenated alkanes) is 1. The second-order valence-electron chi connectivity index (χ2n) is 4.62. The highest BCUT2D eigenvalue weighted by Gasteiger charge is 2.08. The van der Waals surface area contributed by atoms with Gasteiger partial charge in [0.1, 0.15) is 9.84 Å². The van der Waals surface area contributed by atoms with Crippen LogP contribution < -0.4 is 5.73 Å². The zero-order valence-electron chi connectivity index (χ0n) is 10.2. The van der Waals surface area contributed by atoms with Crippen molar-refractivity contribution < 1.29 is 8.42 Å². The van der Waals surface area contributed by atoms with Crippen LogP contribution in [0.5, 0.6) is 0 Å². The lowest BCUT2D eigenvalue weighted by Crippen LogP contribution is -2.22. The number of hydrogen-bond acceptors (Lipinski definition) is 3. The van der Waals surface area contributed by atoms with Crippen molar-refractivity contribution >= 4 is 9.84 Å². The van der Waals surface area contributed by atoms with E-state index in [9.17, 15) is 8.42 Å². The Kier molecular flexibility index (Phi) is 7.18. The van der Waals surface area contributed by atoms with E-state index in [2.05, 4.69) is 13.8 Å². The monoisotopic (exact) mass is 235 g/mol. The highest BCUT2D eigenvalue weighted by Crippen LogP contribution is 2.09. The molecule has 1 unspecified atom stereocenters. The van der Waals surface area contributed by atoms with Crippen LogP contribution in [0.15, 0.2) is 0 Å². The minimum atomic E-state index is -2.78. The van der Waals surface area contributed by atoms with Gasteiger partial charge in [0, 0.05) is 11.8 Å². The topological polar surface area (TPSA) is 60.2 Å². The summed E-state index contributed by atoms with van der Waals surface area (Å²) in [6.07, 6.45) is 3.65. The lowest BCUT2D eigenvalue weighted by Gasteiger charge is -2.13. The largest absolute Gasteiger partial charge is 0.328 e. The lowest BCUT2D eigenvalue weighted by molar-refractivity contribution is 0.461. The van der Waals surface area contributed by atoms with Crippen LogP contribution >= 0.6 is 0 Å². The Labute approximate surface area is 94.4 Å². The Balaban J connectivity index is 3.55. The zero-order chi connectivity index (χ0) is 11.9. The van der Waals surface area contributed by atoms with E-state index < -0.39 is 9.84 Å². The average Bonchev–Trinajstić information content (AvgIpc) is 2.11. The molecule has 4 heteroatoms. The van der Waals surface area contributed by atoms with Crippen LogP contribution in [0, 0.1) is 5.92 Å². The molecule has 0 aromatic carbocycles. The quantitative estimate of drug-likeness (QED) is 0.654. The molecule has 1 atom stereocenters. The molecule has 0 heterocycles. The summed E-state index contributed by atoms with van der Waals surface area (Å²) in [6, 6.07) is 0.231. The molecule has 0 aliphatic heterocycles. The third kappa shape index (κ3) is 8.88. The summed E-state index contributed by atoms with van der Waals surface area (Å²) in [5, 5.41) is 0. The third-order valence-corrected chi connectivity index (χ3v) is 4.28. The SMILES string of the molecule is CCS(=O)(=O)CCCCC(N)CC(C)C. The summed E-state index contributed by atoms with van der Waals surface area (Å²) in [5.74, 6) is 1.20. The molecule has 0 saturated carbocycles. The standard InChI is InChI=1S/C11H25NO2S/c1-4-15(13,14)8-6-5-7-11(12)9-10(2)3/h10-11H,4-9,12H2,1-3H3. The molecule has 0 amide bonds. The van der Waals surface area contributed by atoms with Crippen molar-refractivity contribution in [2.24, 2.45) is 11.7 Å².